The molecule has 1 fully saturated rings. The molecule has 4 N–H and O–H groups in total. The molecular formula is C24H31FN4O2. The Morgan fingerprint density at radius 3 is 2.65 bits per heavy atom. The summed E-state index contributed by atoms with van der Waals surface area (Å²) in [6, 6.07) is 11.6. The third kappa shape index (κ3) is 6.04. The van der Waals surface area contributed by atoms with Gasteiger partial charge in [0.25, 0.3) is 0 Å². The lowest BCUT2D eigenvalue weighted by atomic mass is 10.0. The summed E-state index contributed by atoms with van der Waals surface area (Å²) in [7, 11) is 0. The van der Waals surface area contributed by atoms with Gasteiger partial charge in [0.15, 0.2) is 0 Å². The number of hydrogen-bond acceptors (Lipinski definition) is 4. The minimum Gasteiger partial charge on any atom is -0.374 e. The van der Waals surface area contributed by atoms with Crippen LogP contribution in [0.5, 0.6) is 0 Å². The summed E-state index contributed by atoms with van der Waals surface area (Å²) in [5.41, 5.74) is 8.12. The van der Waals surface area contributed by atoms with E-state index in [1.54, 1.807) is 12.1 Å². The molecule has 0 radical (unpaired) electrons. The van der Waals surface area contributed by atoms with Crippen molar-refractivity contribution in [1.82, 2.24) is 0 Å². The van der Waals surface area contributed by atoms with Crippen molar-refractivity contribution >= 4 is 28.9 Å². The highest BCUT2D eigenvalue weighted by Gasteiger charge is 2.24. The van der Waals surface area contributed by atoms with Crippen molar-refractivity contribution in [2.24, 2.45) is 11.7 Å². The number of piperidine rings is 1. The molecule has 0 bridgehead atoms. The normalized spacial score (nSPS) is 15.1. The predicted molar refractivity (Wildman–Crippen MR) is 122 cm³/mol. The third-order valence-corrected chi connectivity index (χ3v) is 5.36. The number of anilines is 3. The first-order valence-electron chi connectivity index (χ1n) is 10.8. The minimum atomic E-state index is -0.517. The van der Waals surface area contributed by atoms with E-state index in [9.17, 15) is 14.0 Å². The largest absolute Gasteiger partial charge is 0.374 e. The Morgan fingerprint density at radius 1 is 1.16 bits per heavy atom. The fourth-order valence-corrected chi connectivity index (χ4v) is 3.79. The van der Waals surface area contributed by atoms with E-state index in [0.717, 1.165) is 24.1 Å². The average Bonchev–Trinajstić information content (AvgIpc) is 2.74. The fourth-order valence-electron chi connectivity index (χ4n) is 3.79. The Kier molecular flexibility index (Phi) is 7.63. The van der Waals surface area contributed by atoms with Crippen molar-refractivity contribution < 1.29 is 14.0 Å². The Morgan fingerprint density at radius 2 is 1.97 bits per heavy atom. The Bertz CT molecular complexity index is 932. The number of nitrogens with two attached hydrogens (primary N) is 1. The predicted octanol–water partition coefficient (Wildman–Crippen LogP) is 4.27. The van der Waals surface area contributed by atoms with Crippen LogP contribution in [-0.4, -0.2) is 24.4 Å². The Labute approximate surface area is 183 Å². The number of halogens is 1. The molecule has 1 atom stereocenters. The molecule has 1 saturated heterocycles. The van der Waals surface area contributed by atoms with Gasteiger partial charge in [-0.1, -0.05) is 26.0 Å². The number of nitrogens with zero attached hydrogens (tertiary/aromatic N) is 1. The summed E-state index contributed by atoms with van der Waals surface area (Å²) in [6.07, 6.45) is 2.74. The summed E-state index contributed by atoms with van der Waals surface area (Å²) < 4.78 is 14.7. The maximum Gasteiger partial charge on any atom is 0.246 e. The van der Waals surface area contributed by atoms with Crippen LogP contribution in [0.1, 0.15) is 45.1 Å². The van der Waals surface area contributed by atoms with E-state index >= 15 is 0 Å². The van der Waals surface area contributed by atoms with Gasteiger partial charge in [-0.05, 0) is 61.1 Å². The maximum atomic E-state index is 14.7. The van der Waals surface area contributed by atoms with E-state index < -0.39 is 11.9 Å². The van der Waals surface area contributed by atoms with Crippen LogP contribution in [0.15, 0.2) is 42.5 Å². The number of nitrogens with one attached hydrogen (secondary N) is 2. The summed E-state index contributed by atoms with van der Waals surface area (Å²) in [4.78, 5) is 26.6. The smallest absolute Gasteiger partial charge is 0.246 e. The SMILES string of the molecule is CC(C)C[C@@H](Nc1cccc(CN)c1)C(=O)Nc1ccc(N2CCCCC2=O)c(F)c1. The zero-order valence-corrected chi connectivity index (χ0v) is 18.2. The minimum absolute atomic E-state index is 0.0668. The first kappa shape index (κ1) is 22.7. The highest BCUT2D eigenvalue weighted by Crippen LogP contribution is 2.27. The molecule has 2 aromatic rings. The zero-order chi connectivity index (χ0) is 22.4. The number of rotatable bonds is 8. The van der Waals surface area contributed by atoms with E-state index in [2.05, 4.69) is 10.6 Å². The van der Waals surface area contributed by atoms with Crippen molar-refractivity contribution in [1.29, 1.82) is 0 Å². The average molecular weight is 427 g/mol. The number of amides is 2. The molecule has 31 heavy (non-hydrogen) atoms. The van der Waals surface area contributed by atoms with Gasteiger partial charge in [-0.15, -0.1) is 0 Å². The molecule has 6 nitrogen and oxygen atoms in total. The van der Waals surface area contributed by atoms with Crippen LogP contribution in [0.3, 0.4) is 0 Å². The highest BCUT2D eigenvalue weighted by atomic mass is 19.1. The van der Waals surface area contributed by atoms with E-state index in [1.165, 1.54) is 11.0 Å². The van der Waals surface area contributed by atoms with Crippen molar-refractivity contribution in [3.8, 4) is 0 Å². The van der Waals surface area contributed by atoms with Crippen molar-refractivity contribution in [2.45, 2.75) is 52.1 Å². The number of carbonyl (C=O) groups excluding carboxylic acids is 2. The first-order valence-corrected chi connectivity index (χ1v) is 10.8. The van der Waals surface area contributed by atoms with Crippen molar-refractivity contribution in [3.05, 3.63) is 53.8 Å². The second-order valence-electron chi connectivity index (χ2n) is 8.39. The number of carbonyl (C=O) groups is 2. The molecule has 2 aromatic carbocycles. The summed E-state index contributed by atoms with van der Waals surface area (Å²) in [5, 5.41) is 6.08. The fraction of sp³-hybridized carbons (Fsp3) is 0.417. The van der Waals surface area contributed by atoms with Gasteiger partial charge < -0.3 is 21.3 Å². The zero-order valence-electron chi connectivity index (χ0n) is 18.2. The maximum absolute atomic E-state index is 14.7. The first-order chi connectivity index (χ1) is 14.9. The molecule has 0 aromatic heterocycles. The van der Waals surface area contributed by atoms with Crippen LogP contribution in [0.25, 0.3) is 0 Å². The van der Waals surface area contributed by atoms with Gasteiger partial charge in [0.2, 0.25) is 11.8 Å². The van der Waals surface area contributed by atoms with Crippen LogP contribution in [0, 0.1) is 11.7 Å². The molecule has 0 saturated carbocycles. The van der Waals surface area contributed by atoms with Crippen molar-refractivity contribution in [2.75, 3.05) is 22.1 Å². The topological polar surface area (TPSA) is 87.5 Å². The molecule has 1 heterocycles. The van der Waals surface area contributed by atoms with Gasteiger partial charge >= 0.3 is 0 Å². The lowest BCUT2D eigenvalue weighted by molar-refractivity contribution is -0.119. The summed E-state index contributed by atoms with van der Waals surface area (Å²) in [5.74, 6) is -0.543. The van der Waals surface area contributed by atoms with E-state index in [0.29, 0.717) is 31.6 Å². The van der Waals surface area contributed by atoms with Gasteiger partial charge in [-0.3, -0.25) is 9.59 Å². The second kappa shape index (κ2) is 10.4. The highest BCUT2D eigenvalue weighted by molar-refractivity contribution is 5.97. The van der Waals surface area contributed by atoms with Crippen LogP contribution in [0.4, 0.5) is 21.5 Å². The van der Waals surface area contributed by atoms with Crippen molar-refractivity contribution in [3.63, 3.8) is 0 Å². The molecule has 7 heteroatoms. The number of benzene rings is 2. The number of hydrogen-bond donors (Lipinski definition) is 3. The second-order valence-corrected chi connectivity index (χ2v) is 8.39. The molecular weight excluding hydrogens is 395 g/mol. The molecule has 3 rings (SSSR count). The van der Waals surface area contributed by atoms with Gasteiger partial charge in [-0.25, -0.2) is 4.39 Å². The summed E-state index contributed by atoms with van der Waals surface area (Å²) >= 11 is 0. The van der Waals surface area contributed by atoms with Gasteiger partial charge in [-0.2, -0.15) is 0 Å². The van der Waals surface area contributed by atoms with Crippen LogP contribution in [-0.2, 0) is 16.1 Å². The molecule has 166 valence electrons. The molecule has 0 spiro atoms. The van der Waals surface area contributed by atoms with E-state index in [4.69, 9.17) is 5.73 Å². The molecule has 0 unspecified atom stereocenters. The van der Waals surface area contributed by atoms with Gasteiger partial charge in [0.1, 0.15) is 11.9 Å². The van der Waals surface area contributed by atoms with Crippen LogP contribution >= 0.6 is 0 Å². The Hall–Kier alpha value is -2.93. The van der Waals surface area contributed by atoms with Gasteiger partial charge in [0.05, 0.1) is 5.69 Å². The van der Waals surface area contributed by atoms with Crippen LogP contribution < -0.4 is 21.3 Å². The molecule has 0 aliphatic carbocycles. The third-order valence-electron chi connectivity index (χ3n) is 5.36. The Balaban J connectivity index is 1.73. The van der Waals surface area contributed by atoms with E-state index in [-0.39, 0.29) is 23.4 Å². The molecule has 2 amide bonds. The standard InChI is InChI=1S/C24H31FN4O2/c1-16(2)12-21(27-18-7-5-6-17(13-18)15-26)24(31)28-19-9-10-22(20(25)14-19)29-11-4-3-8-23(29)30/h5-7,9-10,13-14,16,21,27H,3-4,8,11-12,15,26H2,1-2H3,(H,28,31)/t21-/m1/s1. The lowest BCUT2D eigenvalue weighted by Crippen LogP contribution is -2.36. The van der Waals surface area contributed by atoms with E-state index in [1.807, 2.05) is 38.1 Å². The quantitative estimate of drug-likeness (QED) is 0.588. The lowest BCUT2D eigenvalue weighted by Gasteiger charge is -2.27. The monoisotopic (exact) mass is 426 g/mol. The van der Waals surface area contributed by atoms with Crippen LogP contribution in [0.2, 0.25) is 0 Å². The molecule has 1 aliphatic rings. The summed E-state index contributed by atoms with van der Waals surface area (Å²) in [6.45, 7) is 5.02. The van der Waals surface area contributed by atoms with Gasteiger partial charge in [0, 0.05) is 30.9 Å². The molecule has 1 aliphatic heterocycles.